The van der Waals surface area contributed by atoms with Crippen LogP contribution in [0.15, 0.2) is 4.47 Å². The summed E-state index contributed by atoms with van der Waals surface area (Å²) in [5.41, 5.74) is 2.32. The standard InChI is InChI=1S/C15H23BrN2O/c1-3-12-15(16)13(18(4-2)17-12)10-11-8-6-5-7-9-14(11)19/h11H,3-10H2,1-2H3. The van der Waals surface area contributed by atoms with Crippen LogP contribution in [0.4, 0.5) is 0 Å². The predicted octanol–water partition coefficient (Wildman–Crippen LogP) is 3.92. The number of Topliss-reactive ketones (excluding diaryl/α,β-unsaturated/α-hetero) is 1. The van der Waals surface area contributed by atoms with E-state index in [0.717, 1.165) is 48.8 Å². The van der Waals surface area contributed by atoms with Crippen LogP contribution in [-0.4, -0.2) is 15.6 Å². The molecule has 0 N–H and O–H groups in total. The van der Waals surface area contributed by atoms with Crippen molar-refractivity contribution >= 4 is 21.7 Å². The van der Waals surface area contributed by atoms with Crippen LogP contribution in [0, 0.1) is 5.92 Å². The molecule has 3 nitrogen and oxygen atoms in total. The number of carbonyl (C=O) groups is 1. The van der Waals surface area contributed by atoms with E-state index in [1.54, 1.807) is 0 Å². The molecule has 1 saturated carbocycles. The van der Waals surface area contributed by atoms with E-state index >= 15 is 0 Å². The quantitative estimate of drug-likeness (QED) is 0.786. The van der Waals surface area contributed by atoms with Crippen LogP contribution in [0.2, 0.25) is 0 Å². The molecule has 1 aliphatic carbocycles. The highest BCUT2D eigenvalue weighted by atomic mass is 79.9. The molecule has 0 radical (unpaired) electrons. The van der Waals surface area contributed by atoms with Crippen LogP contribution in [0.5, 0.6) is 0 Å². The fourth-order valence-electron chi connectivity index (χ4n) is 2.89. The predicted molar refractivity (Wildman–Crippen MR) is 80.3 cm³/mol. The molecule has 0 bridgehead atoms. The van der Waals surface area contributed by atoms with Gasteiger partial charge < -0.3 is 0 Å². The Labute approximate surface area is 123 Å². The van der Waals surface area contributed by atoms with Crippen molar-refractivity contribution in [2.45, 2.75) is 65.3 Å². The number of nitrogens with zero attached hydrogens (tertiary/aromatic N) is 2. The van der Waals surface area contributed by atoms with Gasteiger partial charge in [0.25, 0.3) is 0 Å². The molecule has 1 aromatic heterocycles. The highest BCUT2D eigenvalue weighted by Gasteiger charge is 2.24. The number of rotatable bonds is 4. The Bertz CT molecular complexity index is 453. The lowest BCUT2D eigenvalue weighted by atomic mass is 9.93. The number of carbonyl (C=O) groups excluding carboxylic acids is 1. The minimum absolute atomic E-state index is 0.200. The van der Waals surface area contributed by atoms with E-state index < -0.39 is 0 Å². The average Bonchev–Trinajstić information content (AvgIpc) is 2.57. The number of ketones is 1. The molecular formula is C15H23BrN2O. The minimum Gasteiger partial charge on any atom is -0.299 e. The fraction of sp³-hybridized carbons (Fsp3) is 0.733. The van der Waals surface area contributed by atoms with E-state index in [2.05, 4.69) is 39.6 Å². The van der Waals surface area contributed by atoms with Crippen LogP contribution in [0.3, 0.4) is 0 Å². The lowest BCUT2D eigenvalue weighted by molar-refractivity contribution is -0.122. The Morgan fingerprint density at radius 2 is 2.11 bits per heavy atom. The Kier molecular flexibility index (Phi) is 5.20. The summed E-state index contributed by atoms with van der Waals surface area (Å²) in [5, 5.41) is 4.62. The van der Waals surface area contributed by atoms with Gasteiger partial charge in [0.05, 0.1) is 15.9 Å². The van der Waals surface area contributed by atoms with Crippen LogP contribution in [0.25, 0.3) is 0 Å². The summed E-state index contributed by atoms with van der Waals surface area (Å²) < 4.78 is 3.18. The average molecular weight is 327 g/mol. The highest BCUT2D eigenvalue weighted by molar-refractivity contribution is 9.10. The molecule has 2 rings (SSSR count). The van der Waals surface area contributed by atoms with Gasteiger partial charge in [0, 0.05) is 25.3 Å². The molecule has 19 heavy (non-hydrogen) atoms. The lowest BCUT2D eigenvalue weighted by Gasteiger charge is -2.14. The third-order valence-corrected chi connectivity index (χ3v) is 4.98. The second-order valence-electron chi connectivity index (χ2n) is 5.34. The molecule has 0 aliphatic heterocycles. The maximum Gasteiger partial charge on any atom is 0.136 e. The second kappa shape index (κ2) is 6.69. The number of aryl methyl sites for hydroxylation is 2. The molecule has 4 heteroatoms. The van der Waals surface area contributed by atoms with Gasteiger partial charge in [-0.25, -0.2) is 0 Å². The van der Waals surface area contributed by atoms with Gasteiger partial charge in [-0.05, 0) is 42.1 Å². The first kappa shape index (κ1) is 14.8. The SMILES string of the molecule is CCc1nn(CC)c(CC2CCCCCC2=O)c1Br. The number of hydrogen-bond donors (Lipinski definition) is 0. The molecule has 1 heterocycles. The molecule has 1 fully saturated rings. The molecule has 0 amide bonds. The maximum absolute atomic E-state index is 12.2. The first-order valence-electron chi connectivity index (χ1n) is 7.44. The Balaban J connectivity index is 2.21. The summed E-state index contributed by atoms with van der Waals surface area (Å²) in [6.45, 7) is 5.10. The van der Waals surface area contributed by atoms with Crippen molar-refractivity contribution in [1.82, 2.24) is 9.78 Å². The van der Waals surface area contributed by atoms with Crippen molar-refractivity contribution in [3.05, 3.63) is 15.9 Å². The minimum atomic E-state index is 0.200. The van der Waals surface area contributed by atoms with Gasteiger partial charge in [-0.15, -0.1) is 0 Å². The first-order chi connectivity index (χ1) is 9.17. The molecule has 1 atom stereocenters. The van der Waals surface area contributed by atoms with Crippen molar-refractivity contribution < 1.29 is 4.79 Å². The van der Waals surface area contributed by atoms with Crippen molar-refractivity contribution in [1.29, 1.82) is 0 Å². The van der Waals surface area contributed by atoms with Crippen molar-refractivity contribution in [2.24, 2.45) is 5.92 Å². The summed E-state index contributed by atoms with van der Waals surface area (Å²) in [5.74, 6) is 0.650. The zero-order valence-corrected chi connectivity index (χ0v) is 13.5. The van der Waals surface area contributed by atoms with Crippen LogP contribution in [-0.2, 0) is 24.2 Å². The van der Waals surface area contributed by atoms with Crippen molar-refractivity contribution in [3.63, 3.8) is 0 Å². The zero-order valence-electron chi connectivity index (χ0n) is 11.9. The summed E-state index contributed by atoms with van der Waals surface area (Å²) in [7, 11) is 0. The maximum atomic E-state index is 12.2. The van der Waals surface area contributed by atoms with Gasteiger partial charge in [-0.1, -0.05) is 19.8 Å². The Morgan fingerprint density at radius 3 is 2.79 bits per heavy atom. The normalized spacial score (nSPS) is 20.6. The molecule has 1 aromatic rings. The van der Waals surface area contributed by atoms with Crippen LogP contribution < -0.4 is 0 Å². The van der Waals surface area contributed by atoms with E-state index in [9.17, 15) is 4.79 Å². The molecule has 0 spiro atoms. The van der Waals surface area contributed by atoms with Crippen molar-refractivity contribution in [3.8, 4) is 0 Å². The van der Waals surface area contributed by atoms with Gasteiger partial charge in [0.2, 0.25) is 0 Å². The van der Waals surface area contributed by atoms with Gasteiger partial charge in [-0.3, -0.25) is 9.48 Å². The fourth-order valence-corrected chi connectivity index (χ4v) is 3.62. The second-order valence-corrected chi connectivity index (χ2v) is 6.14. The van der Waals surface area contributed by atoms with Gasteiger partial charge in [0.15, 0.2) is 0 Å². The Morgan fingerprint density at radius 1 is 1.32 bits per heavy atom. The van der Waals surface area contributed by atoms with E-state index in [1.807, 2.05) is 0 Å². The van der Waals surface area contributed by atoms with E-state index in [1.165, 1.54) is 18.5 Å². The lowest BCUT2D eigenvalue weighted by Crippen LogP contribution is -2.18. The summed E-state index contributed by atoms with van der Waals surface area (Å²) in [4.78, 5) is 12.2. The zero-order chi connectivity index (χ0) is 13.8. The Hall–Kier alpha value is -0.640. The molecule has 0 aromatic carbocycles. The van der Waals surface area contributed by atoms with Crippen LogP contribution >= 0.6 is 15.9 Å². The number of hydrogen-bond acceptors (Lipinski definition) is 2. The first-order valence-corrected chi connectivity index (χ1v) is 8.23. The third kappa shape index (κ3) is 3.28. The monoisotopic (exact) mass is 326 g/mol. The smallest absolute Gasteiger partial charge is 0.136 e. The molecule has 1 aliphatic rings. The van der Waals surface area contributed by atoms with Crippen LogP contribution in [0.1, 0.15) is 57.3 Å². The van der Waals surface area contributed by atoms with E-state index in [4.69, 9.17) is 0 Å². The highest BCUT2D eigenvalue weighted by Crippen LogP contribution is 2.29. The largest absolute Gasteiger partial charge is 0.299 e. The summed E-state index contributed by atoms with van der Waals surface area (Å²) in [6.07, 6.45) is 7.06. The number of aromatic nitrogens is 2. The molecule has 0 saturated heterocycles. The third-order valence-electron chi connectivity index (χ3n) is 4.06. The van der Waals surface area contributed by atoms with Crippen molar-refractivity contribution in [2.75, 3.05) is 0 Å². The van der Waals surface area contributed by atoms with E-state index in [0.29, 0.717) is 5.78 Å². The van der Waals surface area contributed by atoms with Gasteiger partial charge in [-0.2, -0.15) is 5.10 Å². The van der Waals surface area contributed by atoms with Gasteiger partial charge >= 0.3 is 0 Å². The number of halogens is 1. The molecular weight excluding hydrogens is 304 g/mol. The topological polar surface area (TPSA) is 34.9 Å². The summed E-state index contributed by atoms with van der Waals surface area (Å²) in [6, 6.07) is 0. The summed E-state index contributed by atoms with van der Waals surface area (Å²) >= 11 is 3.67. The molecule has 1 unspecified atom stereocenters. The molecule has 106 valence electrons. The van der Waals surface area contributed by atoms with Gasteiger partial charge in [0.1, 0.15) is 5.78 Å². The van der Waals surface area contributed by atoms with E-state index in [-0.39, 0.29) is 5.92 Å².